The zero-order chi connectivity index (χ0) is 20.9. The largest absolute Gasteiger partial charge is 0.497 e. The third-order valence-electron chi connectivity index (χ3n) is 4.99. The van der Waals surface area contributed by atoms with Gasteiger partial charge in [0.2, 0.25) is 0 Å². The maximum absolute atomic E-state index is 12.7. The highest BCUT2D eigenvalue weighted by molar-refractivity contribution is 7.13. The molecule has 1 aromatic carbocycles. The maximum atomic E-state index is 12.7. The lowest BCUT2D eigenvalue weighted by Gasteiger charge is -2.08. The Kier molecular flexibility index (Phi) is 6.18. The van der Waals surface area contributed by atoms with E-state index < -0.39 is 0 Å². The molecule has 0 aliphatic heterocycles. The molecule has 1 fully saturated rings. The molecule has 158 valence electrons. The predicted molar refractivity (Wildman–Crippen MR) is 116 cm³/mol. The molecule has 2 heterocycles. The van der Waals surface area contributed by atoms with Crippen molar-refractivity contribution in [3.8, 4) is 16.5 Å². The molecule has 8 nitrogen and oxygen atoms in total. The third-order valence-corrected chi connectivity index (χ3v) is 5.86. The lowest BCUT2D eigenvalue weighted by molar-refractivity contribution is 0.240. The minimum atomic E-state index is -0.253. The molecule has 0 radical (unpaired) electrons. The van der Waals surface area contributed by atoms with E-state index in [-0.39, 0.29) is 17.8 Å². The number of methoxy groups -OCH3 is 1. The number of nitrogens with one attached hydrogen (secondary N) is 2. The van der Waals surface area contributed by atoms with Crippen molar-refractivity contribution in [2.75, 3.05) is 20.2 Å². The van der Waals surface area contributed by atoms with E-state index in [1.807, 2.05) is 41.8 Å². The number of urea groups is 1. The first kappa shape index (κ1) is 20.2. The molecule has 2 N–H and O–H groups in total. The SMILES string of the molecule is COc1ccc(CCNC(=O)NCCn2nc(-c3cccs3)n(C3CC3)c2=O)cc1. The van der Waals surface area contributed by atoms with Crippen molar-refractivity contribution < 1.29 is 9.53 Å². The topological polar surface area (TPSA) is 90.2 Å². The van der Waals surface area contributed by atoms with Crippen LogP contribution in [0.3, 0.4) is 0 Å². The molecule has 0 bridgehead atoms. The van der Waals surface area contributed by atoms with Gasteiger partial charge in [0.1, 0.15) is 5.75 Å². The van der Waals surface area contributed by atoms with E-state index in [0.717, 1.165) is 41.3 Å². The molecule has 1 aliphatic carbocycles. The summed E-state index contributed by atoms with van der Waals surface area (Å²) in [5, 5.41) is 12.1. The van der Waals surface area contributed by atoms with Crippen LogP contribution in [0.2, 0.25) is 0 Å². The molecule has 0 saturated heterocycles. The summed E-state index contributed by atoms with van der Waals surface area (Å²) in [6, 6.07) is 11.7. The van der Waals surface area contributed by atoms with Crippen molar-refractivity contribution in [3.05, 3.63) is 57.8 Å². The Morgan fingerprint density at radius 1 is 1.20 bits per heavy atom. The minimum absolute atomic E-state index is 0.109. The molecule has 3 aromatic rings. The number of thiophene rings is 1. The Labute approximate surface area is 178 Å². The number of carbonyl (C=O) groups is 1. The third kappa shape index (κ3) is 4.73. The number of carbonyl (C=O) groups excluding carboxylic acids is 1. The number of rotatable bonds is 9. The van der Waals surface area contributed by atoms with E-state index in [4.69, 9.17) is 4.74 Å². The molecule has 9 heteroatoms. The van der Waals surface area contributed by atoms with Gasteiger partial charge in [0.05, 0.1) is 18.5 Å². The van der Waals surface area contributed by atoms with Crippen molar-refractivity contribution in [3.63, 3.8) is 0 Å². The number of amides is 2. The van der Waals surface area contributed by atoms with Gasteiger partial charge in [-0.1, -0.05) is 18.2 Å². The van der Waals surface area contributed by atoms with Gasteiger partial charge in [-0.25, -0.2) is 14.3 Å². The average Bonchev–Trinajstić information content (AvgIpc) is 3.33. The number of ether oxygens (including phenoxy) is 1. The number of nitrogens with zero attached hydrogens (tertiary/aromatic N) is 3. The van der Waals surface area contributed by atoms with Gasteiger partial charge < -0.3 is 15.4 Å². The number of aromatic nitrogens is 3. The van der Waals surface area contributed by atoms with Gasteiger partial charge in [-0.2, -0.15) is 0 Å². The van der Waals surface area contributed by atoms with Crippen LogP contribution in [0.5, 0.6) is 5.75 Å². The van der Waals surface area contributed by atoms with Crippen molar-refractivity contribution >= 4 is 17.4 Å². The fourth-order valence-electron chi connectivity index (χ4n) is 3.25. The summed E-state index contributed by atoms with van der Waals surface area (Å²) >= 11 is 1.57. The highest BCUT2D eigenvalue weighted by Crippen LogP contribution is 2.37. The second kappa shape index (κ2) is 9.17. The first-order valence-electron chi connectivity index (χ1n) is 10.0. The van der Waals surface area contributed by atoms with Crippen LogP contribution in [-0.2, 0) is 13.0 Å². The first-order valence-corrected chi connectivity index (χ1v) is 10.9. The molecular formula is C21H25N5O3S. The van der Waals surface area contributed by atoms with Gasteiger partial charge in [0.25, 0.3) is 0 Å². The summed E-state index contributed by atoms with van der Waals surface area (Å²) in [6.45, 7) is 1.19. The molecule has 2 aromatic heterocycles. The Bertz CT molecular complexity index is 1040. The summed E-state index contributed by atoms with van der Waals surface area (Å²) in [4.78, 5) is 25.8. The molecule has 0 atom stereocenters. The second-order valence-electron chi connectivity index (χ2n) is 7.19. The Morgan fingerprint density at radius 2 is 1.97 bits per heavy atom. The van der Waals surface area contributed by atoms with Crippen LogP contribution in [0.4, 0.5) is 4.79 Å². The van der Waals surface area contributed by atoms with Crippen LogP contribution in [0.1, 0.15) is 24.4 Å². The Morgan fingerprint density at radius 3 is 2.63 bits per heavy atom. The molecule has 0 unspecified atom stereocenters. The minimum Gasteiger partial charge on any atom is -0.497 e. The average molecular weight is 428 g/mol. The summed E-state index contributed by atoms with van der Waals surface area (Å²) in [6.07, 6.45) is 2.75. The van der Waals surface area contributed by atoms with Gasteiger partial charge >= 0.3 is 11.7 Å². The Hall–Kier alpha value is -3.07. The molecule has 4 rings (SSSR count). The van der Waals surface area contributed by atoms with E-state index in [2.05, 4.69) is 15.7 Å². The van der Waals surface area contributed by atoms with E-state index in [1.54, 1.807) is 23.0 Å². The molecule has 2 amide bonds. The van der Waals surface area contributed by atoms with Gasteiger partial charge in [-0.05, 0) is 48.4 Å². The summed E-state index contributed by atoms with van der Waals surface area (Å²) in [5.74, 6) is 1.53. The van der Waals surface area contributed by atoms with Crippen LogP contribution in [0.25, 0.3) is 10.7 Å². The molecule has 1 aliphatic rings. The van der Waals surface area contributed by atoms with E-state index in [0.29, 0.717) is 19.6 Å². The van der Waals surface area contributed by atoms with Crippen LogP contribution in [-0.4, -0.2) is 40.6 Å². The summed E-state index contributed by atoms with van der Waals surface area (Å²) in [5.41, 5.74) is 1.01. The Balaban J connectivity index is 1.26. The van der Waals surface area contributed by atoms with E-state index in [1.165, 1.54) is 4.68 Å². The molecular weight excluding hydrogens is 402 g/mol. The van der Waals surface area contributed by atoms with Crippen molar-refractivity contribution in [1.29, 1.82) is 0 Å². The van der Waals surface area contributed by atoms with Gasteiger partial charge in [-0.3, -0.25) is 4.57 Å². The first-order chi connectivity index (χ1) is 14.7. The quantitative estimate of drug-likeness (QED) is 0.549. The second-order valence-corrected chi connectivity index (χ2v) is 8.14. The predicted octanol–water partition coefficient (Wildman–Crippen LogP) is 2.66. The van der Waals surface area contributed by atoms with Gasteiger partial charge in [0.15, 0.2) is 5.82 Å². The lowest BCUT2D eigenvalue weighted by atomic mass is 10.1. The zero-order valence-electron chi connectivity index (χ0n) is 16.8. The highest BCUT2D eigenvalue weighted by atomic mass is 32.1. The fourth-order valence-corrected chi connectivity index (χ4v) is 3.96. The van der Waals surface area contributed by atoms with Crippen molar-refractivity contribution in [2.24, 2.45) is 0 Å². The standard InChI is InChI=1S/C21H25N5O3S/c1-29-17-8-4-15(5-9-17)10-11-22-20(27)23-12-13-25-21(28)26(16-6-7-16)19(24-25)18-3-2-14-30-18/h2-5,8-9,14,16H,6-7,10-13H2,1H3,(H2,22,23,27). The lowest BCUT2D eigenvalue weighted by Crippen LogP contribution is -2.39. The van der Waals surface area contributed by atoms with Crippen LogP contribution >= 0.6 is 11.3 Å². The fraction of sp³-hybridized carbons (Fsp3) is 0.381. The highest BCUT2D eigenvalue weighted by Gasteiger charge is 2.30. The van der Waals surface area contributed by atoms with E-state index in [9.17, 15) is 9.59 Å². The van der Waals surface area contributed by atoms with Crippen LogP contribution in [0, 0.1) is 0 Å². The van der Waals surface area contributed by atoms with Gasteiger partial charge in [0, 0.05) is 19.1 Å². The van der Waals surface area contributed by atoms with Crippen LogP contribution < -0.4 is 21.1 Å². The normalized spacial score (nSPS) is 13.2. The molecule has 30 heavy (non-hydrogen) atoms. The number of hydrogen-bond acceptors (Lipinski definition) is 5. The monoisotopic (exact) mass is 427 g/mol. The molecule has 0 spiro atoms. The number of benzene rings is 1. The van der Waals surface area contributed by atoms with Crippen LogP contribution in [0.15, 0.2) is 46.6 Å². The number of hydrogen-bond donors (Lipinski definition) is 2. The molecule has 1 saturated carbocycles. The van der Waals surface area contributed by atoms with Crippen molar-refractivity contribution in [2.45, 2.75) is 31.8 Å². The van der Waals surface area contributed by atoms with Gasteiger partial charge in [-0.15, -0.1) is 16.4 Å². The summed E-state index contributed by atoms with van der Waals surface area (Å²) < 4.78 is 8.38. The zero-order valence-corrected chi connectivity index (χ0v) is 17.7. The van der Waals surface area contributed by atoms with E-state index >= 15 is 0 Å². The summed E-state index contributed by atoms with van der Waals surface area (Å²) in [7, 11) is 1.63. The smallest absolute Gasteiger partial charge is 0.346 e. The maximum Gasteiger partial charge on any atom is 0.346 e. The van der Waals surface area contributed by atoms with Crippen molar-refractivity contribution in [1.82, 2.24) is 25.0 Å².